The molecule has 1 aromatic carbocycles. The number of aliphatic hydroxyl groups excluding tert-OH is 1. The van der Waals surface area contributed by atoms with Crippen molar-refractivity contribution >= 4 is 0 Å². The summed E-state index contributed by atoms with van der Waals surface area (Å²) in [6.45, 7) is 4.24. The molecule has 0 fully saturated rings. The Morgan fingerprint density at radius 1 is 1.25 bits per heavy atom. The number of fused-ring (bicyclic) bond motifs is 1. The van der Waals surface area contributed by atoms with Gasteiger partial charge in [-0.25, -0.2) is 0 Å². The highest BCUT2D eigenvalue weighted by Crippen LogP contribution is 2.36. The zero-order valence-corrected chi connectivity index (χ0v) is 10.3. The molecular formula is C14H20O2. The van der Waals surface area contributed by atoms with Crippen LogP contribution in [0.15, 0.2) is 12.1 Å². The lowest BCUT2D eigenvalue weighted by Gasteiger charge is -2.25. The monoisotopic (exact) mass is 220 g/mol. The zero-order valence-electron chi connectivity index (χ0n) is 10.3. The van der Waals surface area contributed by atoms with E-state index in [1.54, 1.807) is 7.11 Å². The molecule has 0 bridgehead atoms. The van der Waals surface area contributed by atoms with Gasteiger partial charge >= 0.3 is 0 Å². The fourth-order valence-electron chi connectivity index (χ4n) is 2.38. The normalized spacial score (nSPS) is 15.0. The molecular weight excluding hydrogens is 200 g/mol. The Morgan fingerprint density at radius 2 is 1.88 bits per heavy atom. The fraction of sp³-hybridized carbons (Fsp3) is 0.571. The lowest BCUT2D eigenvalue weighted by atomic mass is 9.83. The highest BCUT2D eigenvalue weighted by atomic mass is 16.5. The summed E-state index contributed by atoms with van der Waals surface area (Å²) in [7, 11) is 1.70. The van der Waals surface area contributed by atoms with Crippen LogP contribution in [-0.2, 0) is 18.3 Å². The van der Waals surface area contributed by atoms with E-state index in [0.717, 1.165) is 24.2 Å². The number of hydrogen-bond acceptors (Lipinski definition) is 2. The maximum absolute atomic E-state index is 9.46. The van der Waals surface area contributed by atoms with Crippen molar-refractivity contribution in [2.75, 3.05) is 13.7 Å². The van der Waals surface area contributed by atoms with E-state index in [1.807, 2.05) is 13.8 Å². The van der Waals surface area contributed by atoms with E-state index < -0.39 is 0 Å². The van der Waals surface area contributed by atoms with Crippen molar-refractivity contribution in [3.63, 3.8) is 0 Å². The van der Waals surface area contributed by atoms with Crippen LogP contribution in [0, 0.1) is 0 Å². The van der Waals surface area contributed by atoms with E-state index >= 15 is 0 Å². The lowest BCUT2D eigenvalue weighted by molar-refractivity contribution is 0.214. The Balaban J connectivity index is 2.52. The van der Waals surface area contributed by atoms with Gasteiger partial charge in [0, 0.05) is 11.0 Å². The molecule has 1 aromatic rings. The Labute approximate surface area is 97.3 Å². The smallest absolute Gasteiger partial charge is 0.122 e. The molecule has 0 atom stereocenters. The van der Waals surface area contributed by atoms with Gasteiger partial charge < -0.3 is 9.84 Å². The second-order valence-electron chi connectivity index (χ2n) is 5.22. The molecule has 0 aromatic heterocycles. The minimum Gasteiger partial charge on any atom is -0.496 e. The van der Waals surface area contributed by atoms with Gasteiger partial charge in [0.1, 0.15) is 5.75 Å². The van der Waals surface area contributed by atoms with Crippen LogP contribution in [0.3, 0.4) is 0 Å². The molecule has 88 valence electrons. The zero-order chi connectivity index (χ0) is 11.8. The van der Waals surface area contributed by atoms with Crippen molar-refractivity contribution in [1.29, 1.82) is 0 Å². The molecule has 0 radical (unpaired) electrons. The number of rotatable bonds is 3. The van der Waals surface area contributed by atoms with Crippen LogP contribution < -0.4 is 4.74 Å². The first-order valence-corrected chi connectivity index (χ1v) is 5.89. The number of ether oxygens (including phenoxy) is 1. The standard InChI is InChI=1S/C14H20O2/c1-14(2,9-15)12-7-10-5-4-6-11(10)8-13(12)16-3/h7-8,15H,4-6,9H2,1-3H3. The van der Waals surface area contributed by atoms with Gasteiger partial charge in [0.2, 0.25) is 0 Å². The summed E-state index contributed by atoms with van der Waals surface area (Å²) in [4.78, 5) is 0. The van der Waals surface area contributed by atoms with Crippen molar-refractivity contribution in [2.24, 2.45) is 0 Å². The molecule has 0 spiro atoms. The average Bonchev–Trinajstić information content (AvgIpc) is 2.74. The molecule has 1 aliphatic rings. The molecule has 2 rings (SSSR count). The molecule has 0 saturated carbocycles. The quantitative estimate of drug-likeness (QED) is 0.848. The summed E-state index contributed by atoms with van der Waals surface area (Å²) >= 11 is 0. The van der Waals surface area contributed by atoms with Gasteiger partial charge in [-0.2, -0.15) is 0 Å². The second-order valence-corrected chi connectivity index (χ2v) is 5.22. The Kier molecular flexibility index (Phi) is 2.94. The average molecular weight is 220 g/mol. The van der Waals surface area contributed by atoms with E-state index in [4.69, 9.17) is 4.74 Å². The van der Waals surface area contributed by atoms with Crippen LogP contribution in [0.5, 0.6) is 5.75 Å². The lowest BCUT2D eigenvalue weighted by Crippen LogP contribution is -2.23. The third kappa shape index (κ3) is 1.82. The summed E-state index contributed by atoms with van der Waals surface area (Å²) < 4.78 is 5.45. The van der Waals surface area contributed by atoms with Crippen LogP contribution in [0.4, 0.5) is 0 Å². The molecule has 2 nitrogen and oxygen atoms in total. The first-order chi connectivity index (χ1) is 7.58. The second kappa shape index (κ2) is 4.10. The van der Waals surface area contributed by atoms with Crippen molar-refractivity contribution in [3.05, 3.63) is 28.8 Å². The van der Waals surface area contributed by atoms with Crippen molar-refractivity contribution in [3.8, 4) is 5.75 Å². The highest BCUT2D eigenvalue weighted by molar-refractivity contribution is 5.48. The van der Waals surface area contributed by atoms with Crippen LogP contribution in [-0.4, -0.2) is 18.8 Å². The summed E-state index contributed by atoms with van der Waals surface area (Å²) in [5, 5.41) is 9.46. The predicted molar refractivity (Wildman–Crippen MR) is 65.1 cm³/mol. The van der Waals surface area contributed by atoms with E-state index in [2.05, 4.69) is 12.1 Å². The Morgan fingerprint density at radius 3 is 2.44 bits per heavy atom. The number of hydrogen-bond donors (Lipinski definition) is 1. The first kappa shape index (κ1) is 11.5. The van der Waals surface area contributed by atoms with E-state index in [0.29, 0.717) is 0 Å². The molecule has 0 unspecified atom stereocenters. The van der Waals surface area contributed by atoms with Crippen molar-refractivity contribution < 1.29 is 9.84 Å². The topological polar surface area (TPSA) is 29.5 Å². The highest BCUT2D eigenvalue weighted by Gasteiger charge is 2.26. The van der Waals surface area contributed by atoms with Gasteiger partial charge in [-0.15, -0.1) is 0 Å². The van der Waals surface area contributed by atoms with E-state index in [-0.39, 0.29) is 12.0 Å². The maximum atomic E-state index is 9.46. The molecule has 0 amide bonds. The largest absolute Gasteiger partial charge is 0.496 e. The predicted octanol–water partition coefficient (Wildman–Crippen LogP) is 2.45. The van der Waals surface area contributed by atoms with Gasteiger partial charge in [0.15, 0.2) is 0 Å². The molecule has 1 aliphatic carbocycles. The SMILES string of the molecule is COc1cc2c(cc1C(C)(C)CO)CCC2. The fourth-order valence-corrected chi connectivity index (χ4v) is 2.38. The van der Waals surface area contributed by atoms with Gasteiger partial charge in [-0.05, 0) is 36.5 Å². The molecule has 2 heteroatoms. The van der Waals surface area contributed by atoms with Crippen LogP contribution in [0.2, 0.25) is 0 Å². The van der Waals surface area contributed by atoms with E-state index in [1.165, 1.54) is 17.5 Å². The van der Waals surface area contributed by atoms with Crippen LogP contribution in [0.25, 0.3) is 0 Å². The molecule has 0 aliphatic heterocycles. The maximum Gasteiger partial charge on any atom is 0.122 e. The Bertz CT molecular complexity index is 394. The third-order valence-corrected chi connectivity index (χ3v) is 3.54. The number of methoxy groups -OCH3 is 1. The number of aryl methyl sites for hydroxylation is 2. The summed E-state index contributed by atoms with van der Waals surface area (Å²) in [6.07, 6.45) is 3.56. The summed E-state index contributed by atoms with van der Waals surface area (Å²) in [5.74, 6) is 0.916. The van der Waals surface area contributed by atoms with E-state index in [9.17, 15) is 5.11 Å². The van der Waals surface area contributed by atoms with Crippen LogP contribution >= 0.6 is 0 Å². The first-order valence-electron chi connectivity index (χ1n) is 5.89. The summed E-state index contributed by atoms with van der Waals surface area (Å²) in [5.41, 5.74) is 3.73. The van der Waals surface area contributed by atoms with Gasteiger partial charge in [-0.1, -0.05) is 19.9 Å². The molecule has 0 heterocycles. The summed E-state index contributed by atoms with van der Waals surface area (Å²) in [6, 6.07) is 4.37. The molecule has 1 N–H and O–H groups in total. The van der Waals surface area contributed by atoms with Gasteiger partial charge in [-0.3, -0.25) is 0 Å². The minimum absolute atomic E-state index is 0.141. The molecule has 16 heavy (non-hydrogen) atoms. The Hall–Kier alpha value is -1.02. The minimum atomic E-state index is -0.233. The van der Waals surface area contributed by atoms with Gasteiger partial charge in [0.25, 0.3) is 0 Å². The number of benzene rings is 1. The number of aliphatic hydroxyl groups is 1. The van der Waals surface area contributed by atoms with Crippen molar-refractivity contribution in [2.45, 2.75) is 38.5 Å². The molecule has 0 saturated heterocycles. The van der Waals surface area contributed by atoms with Gasteiger partial charge in [0.05, 0.1) is 13.7 Å². The van der Waals surface area contributed by atoms with Crippen molar-refractivity contribution in [1.82, 2.24) is 0 Å². The third-order valence-electron chi connectivity index (χ3n) is 3.54. The van der Waals surface area contributed by atoms with Crippen LogP contribution in [0.1, 0.15) is 37.0 Å².